The summed E-state index contributed by atoms with van der Waals surface area (Å²) in [6, 6.07) is 6.38. The smallest absolute Gasteiger partial charge is 0.246 e. The Labute approximate surface area is 232 Å². The monoisotopic (exact) mass is 539 g/mol. The molecule has 3 fully saturated rings. The summed E-state index contributed by atoms with van der Waals surface area (Å²) < 4.78 is 5.80. The summed E-state index contributed by atoms with van der Waals surface area (Å²) in [7, 11) is 0. The number of amides is 3. The Morgan fingerprint density at radius 3 is 2.62 bits per heavy atom. The largest absolute Gasteiger partial charge is 0.493 e. The minimum absolute atomic E-state index is 0.0942. The third-order valence-corrected chi connectivity index (χ3v) is 9.14. The first-order valence-electron chi connectivity index (χ1n) is 15.1. The number of carbonyl (C=O) groups is 3. The molecule has 3 amide bonds. The van der Waals surface area contributed by atoms with Gasteiger partial charge in [-0.25, -0.2) is 0 Å². The molecule has 0 aromatic heterocycles. The second-order valence-corrected chi connectivity index (χ2v) is 11.7. The predicted molar refractivity (Wildman–Crippen MR) is 149 cm³/mol. The van der Waals surface area contributed by atoms with Crippen LogP contribution in [0.2, 0.25) is 0 Å². The molecule has 5 atom stereocenters. The molecule has 214 valence electrons. The van der Waals surface area contributed by atoms with Gasteiger partial charge in [-0.2, -0.15) is 0 Å². The second-order valence-electron chi connectivity index (χ2n) is 11.7. The van der Waals surface area contributed by atoms with Crippen molar-refractivity contribution in [2.75, 3.05) is 32.8 Å². The van der Waals surface area contributed by atoms with Gasteiger partial charge in [-0.3, -0.25) is 19.3 Å². The van der Waals surface area contributed by atoms with Crippen molar-refractivity contribution in [3.63, 3.8) is 0 Å². The Balaban J connectivity index is 1.38. The Kier molecular flexibility index (Phi) is 9.07. The summed E-state index contributed by atoms with van der Waals surface area (Å²) in [5, 5.41) is 9.56. The lowest BCUT2D eigenvalue weighted by molar-refractivity contribution is -0.149. The molecule has 5 rings (SSSR count). The van der Waals surface area contributed by atoms with Crippen LogP contribution in [0.3, 0.4) is 0 Å². The lowest BCUT2D eigenvalue weighted by Crippen LogP contribution is -2.66. The standard InChI is InChI=1S/C30H45N5O4/c1-3-31-20(2)28(36)33-27(21-10-5-4-6-11-21)30(38)35-18-22-12-9-16-34(22)19-25(35)29(37)32-24-15-17-39-26-14-8-7-13-23(24)26/h7-8,13-14,20-22,24-25,27,31H,3-6,9-12,15-19H2,1-2H3,(H,32,37)(H,33,36)/t20-,22+,24+,25-,27-/m0/s1. The molecule has 1 aliphatic carbocycles. The van der Waals surface area contributed by atoms with E-state index in [-0.39, 0.29) is 41.8 Å². The van der Waals surface area contributed by atoms with E-state index in [1.54, 1.807) is 0 Å². The van der Waals surface area contributed by atoms with Crippen molar-refractivity contribution in [1.29, 1.82) is 0 Å². The molecule has 9 nitrogen and oxygen atoms in total. The van der Waals surface area contributed by atoms with Crippen LogP contribution in [0.25, 0.3) is 0 Å². The van der Waals surface area contributed by atoms with E-state index in [2.05, 4.69) is 20.9 Å². The predicted octanol–water partition coefficient (Wildman–Crippen LogP) is 2.36. The van der Waals surface area contributed by atoms with Gasteiger partial charge in [-0.1, -0.05) is 44.4 Å². The zero-order chi connectivity index (χ0) is 27.4. The van der Waals surface area contributed by atoms with Gasteiger partial charge < -0.3 is 25.6 Å². The third-order valence-electron chi connectivity index (χ3n) is 9.14. The number of fused-ring (bicyclic) bond motifs is 2. The van der Waals surface area contributed by atoms with E-state index in [9.17, 15) is 14.4 Å². The highest BCUT2D eigenvalue weighted by Crippen LogP contribution is 2.33. The average Bonchev–Trinajstić information content (AvgIpc) is 3.43. The first-order chi connectivity index (χ1) is 19.0. The SMILES string of the molecule is CCN[C@@H](C)C(=O)N[C@H](C(=O)N1C[C@H]2CCCN2C[C@H]1C(=O)N[C@@H]1CCOc2ccccc21)C1CCCCC1. The van der Waals surface area contributed by atoms with E-state index in [4.69, 9.17) is 4.74 Å². The molecule has 1 aromatic rings. The fourth-order valence-corrected chi connectivity index (χ4v) is 6.95. The van der Waals surface area contributed by atoms with Gasteiger partial charge in [0, 0.05) is 31.1 Å². The van der Waals surface area contributed by atoms with E-state index in [1.165, 1.54) is 0 Å². The van der Waals surface area contributed by atoms with Gasteiger partial charge in [0.2, 0.25) is 17.7 Å². The molecular formula is C30H45N5O4. The average molecular weight is 540 g/mol. The number of nitrogens with zero attached hydrogens (tertiary/aromatic N) is 2. The molecule has 2 saturated heterocycles. The van der Waals surface area contributed by atoms with Crippen LogP contribution in [0.15, 0.2) is 24.3 Å². The summed E-state index contributed by atoms with van der Waals surface area (Å²) in [6.07, 6.45) is 7.95. The highest BCUT2D eigenvalue weighted by atomic mass is 16.5. The zero-order valence-corrected chi connectivity index (χ0v) is 23.5. The quantitative estimate of drug-likeness (QED) is 0.469. The van der Waals surface area contributed by atoms with Crippen molar-refractivity contribution in [3.8, 4) is 5.75 Å². The topological polar surface area (TPSA) is 103 Å². The fourth-order valence-electron chi connectivity index (χ4n) is 6.95. The Morgan fingerprint density at radius 2 is 1.82 bits per heavy atom. The molecule has 0 unspecified atom stereocenters. The van der Waals surface area contributed by atoms with Crippen LogP contribution < -0.4 is 20.7 Å². The van der Waals surface area contributed by atoms with Gasteiger partial charge in [-0.15, -0.1) is 0 Å². The van der Waals surface area contributed by atoms with Crippen molar-refractivity contribution in [1.82, 2.24) is 25.8 Å². The van der Waals surface area contributed by atoms with Gasteiger partial charge in [-0.05, 0) is 57.7 Å². The van der Waals surface area contributed by atoms with Crippen LogP contribution in [-0.4, -0.2) is 84.5 Å². The van der Waals surface area contributed by atoms with E-state index < -0.39 is 12.1 Å². The van der Waals surface area contributed by atoms with E-state index in [0.717, 1.165) is 62.8 Å². The Bertz CT molecular complexity index is 1030. The summed E-state index contributed by atoms with van der Waals surface area (Å²) >= 11 is 0. The maximum Gasteiger partial charge on any atom is 0.246 e. The van der Waals surface area contributed by atoms with Gasteiger partial charge in [0.1, 0.15) is 17.8 Å². The maximum atomic E-state index is 14.4. The number of carbonyl (C=O) groups excluding carboxylic acids is 3. The van der Waals surface area contributed by atoms with E-state index in [0.29, 0.717) is 32.7 Å². The summed E-state index contributed by atoms with van der Waals surface area (Å²) in [4.78, 5) is 45.6. The number of likely N-dealkylation sites (N-methyl/N-ethyl adjacent to an activating group) is 1. The van der Waals surface area contributed by atoms with Crippen molar-refractivity contribution in [2.24, 2.45) is 5.92 Å². The molecule has 39 heavy (non-hydrogen) atoms. The zero-order valence-electron chi connectivity index (χ0n) is 23.5. The third kappa shape index (κ3) is 6.24. The van der Waals surface area contributed by atoms with Crippen LogP contribution >= 0.6 is 0 Å². The summed E-state index contributed by atoms with van der Waals surface area (Å²) in [5.74, 6) is 0.528. The number of benzene rings is 1. The van der Waals surface area contributed by atoms with Crippen LogP contribution in [0.1, 0.15) is 76.8 Å². The molecule has 3 aliphatic heterocycles. The molecule has 0 bridgehead atoms. The number of hydrogen-bond donors (Lipinski definition) is 3. The molecule has 3 heterocycles. The number of para-hydroxylation sites is 1. The molecule has 9 heteroatoms. The van der Waals surface area contributed by atoms with Crippen molar-refractivity contribution < 1.29 is 19.1 Å². The number of rotatable bonds is 8. The van der Waals surface area contributed by atoms with E-state index >= 15 is 0 Å². The summed E-state index contributed by atoms with van der Waals surface area (Å²) in [6.45, 7) is 7.05. The molecule has 0 spiro atoms. The summed E-state index contributed by atoms with van der Waals surface area (Å²) in [5.41, 5.74) is 0.981. The number of nitrogens with one attached hydrogen (secondary N) is 3. The Morgan fingerprint density at radius 1 is 1.03 bits per heavy atom. The molecule has 1 aromatic carbocycles. The second kappa shape index (κ2) is 12.7. The number of hydrogen-bond acceptors (Lipinski definition) is 6. The van der Waals surface area contributed by atoms with Crippen molar-refractivity contribution in [3.05, 3.63) is 29.8 Å². The number of ether oxygens (including phenoxy) is 1. The first-order valence-corrected chi connectivity index (χ1v) is 15.1. The molecule has 4 aliphatic rings. The van der Waals surface area contributed by atoms with Crippen molar-refractivity contribution in [2.45, 2.75) is 95.4 Å². The molecule has 1 saturated carbocycles. The number of piperazine rings is 1. The highest BCUT2D eigenvalue weighted by molar-refractivity contribution is 5.93. The van der Waals surface area contributed by atoms with Crippen LogP contribution in [0.4, 0.5) is 0 Å². The molecular weight excluding hydrogens is 494 g/mol. The Hall–Kier alpha value is -2.65. The van der Waals surface area contributed by atoms with E-state index in [1.807, 2.05) is 43.0 Å². The van der Waals surface area contributed by atoms with Gasteiger partial charge in [0.05, 0.1) is 18.7 Å². The lowest BCUT2D eigenvalue weighted by atomic mass is 9.82. The molecule has 0 radical (unpaired) electrons. The first kappa shape index (κ1) is 27.9. The van der Waals surface area contributed by atoms with Crippen LogP contribution in [0, 0.1) is 5.92 Å². The van der Waals surface area contributed by atoms with Gasteiger partial charge in [0.15, 0.2) is 0 Å². The minimum atomic E-state index is -0.606. The minimum Gasteiger partial charge on any atom is -0.493 e. The van der Waals surface area contributed by atoms with Gasteiger partial charge >= 0.3 is 0 Å². The van der Waals surface area contributed by atoms with Crippen LogP contribution in [-0.2, 0) is 14.4 Å². The normalized spacial score (nSPS) is 27.0. The maximum absolute atomic E-state index is 14.4. The fraction of sp³-hybridized carbons (Fsp3) is 0.700. The lowest BCUT2D eigenvalue weighted by Gasteiger charge is -2.45. The van der Waals surface area contributed by atoms with Crippen molar-refractivity contribution >= 4 is 17.7 Å². The van der Waals surface area contributed by atoms with Crippen LogP contribution in [0.5, 0.6) is 5.75 Å². The van der Waals surface area contributed by atoms with Gasteiger partial charge in [0.25, 0.3) is 0 Å². The molecule has 3 N–H and O–H groups in total. The highest BCUT2D eigenvalue weighted by Gasteiger charge is 2.45.